The molecule has 1 unspecified atom stereocenters. The molecular weight excluding hydrogens is 200 g/mol. The van der Waals surface area contributed by atoms with Crippen molar-refractivity contribution < 1.29 is 9.52 Å². The van der Waals surface area contributed by atoms with Gasteiger partial charge in [-0.2, -0.15) is 0 Å². The first-order chi connectivity index (χ1) is 7.58. The van der Waals surface area contributed by atoms with Crippen molar-refractivity contribution in [3.63, 3.8) is 0 Å². The third kappa shape index (κ3) is 2.02. The van der Waals surface area contributed by atoms with Crippen LogP contribution in [0.1, 0.15) is 29.9 Å². The van der Waals surface area contributed by atoms with E-state index in [4.69, 9.17) is 4.42 Å². The highest BCUT2D eigenvalue weighted by molar-refractivity contribution is 5.59. The molecule has 0 spiro atoms. The lowest BCUT2D eigenvalue weighted by molar-refractivity contribution is 0.170. The van der Waals surface area contributed by atoms with E-state index in [0.29, 0.717) is 5.76 Å². The molecule has 0 radical (unpaired) electrons. The summed E-state index contributed by atoms with van der Waals surface area (Å²) in [6.07, 6.45) is -0.555. The highest BCUT2D eigenvalue weighted by Crippen LogP contribution is 2.26. The largest absolute Gasteiger partial charge is 0.458 e. The van der Waals surface area contributed by atoms with E-state index in [2.05, 4.69) is 26.0 Å². The van der Waals surface area contributed by atoms with Crippen LogP contribution in [0.4, 0.5) is 0 Å². The van der Waals surface area contributed by atoms with Crippen molar-refractivity contribution in [3.8, 4) is 11.3 Å². The Morgan fingerprint density at radius 1 is 1.06 bits per heavy atom. The van der Waals surface area contributed by atoms with Crippen molar-refractivity contribution in [1.82, 2.24) is 0 Å². The topological polar surface area (TPSA) is 33.4 Å². The third-order valence-corrected chi connectivity index (χ3v) is 2.83. The quantitative estimate of drug-likeness (QED) is 0.831. The number of hydrogen-bond donors (Lipinski definition) is 1. The number of furan rings is 1. The van der Waals surface area contributed by atoms with Crippen molar-refractivity contribution in [2.24, 2.45) is 0 Å². The van der Waals surface area contributed by atoms with E-state index < -0.39 is 6.10 Å². The Bertz CT molecular complexity index is 495. The van der Waals surface area contributed by atoms with Crippen LogP contribution in [-0.4, -0.2) is 5.11 Å². The lowest BCUT2D eigenvalue weighted by atomic mass is 10.1. The van der Waals surface area contributed by atoms with E-state index in [1.165, 1.54) is 11.1 Å². The minimum Gasteiger partial charge on any atom is -0.458 e. The maximum absolute atomic E-state index is 9.39. The molecule has 0 saturated carbocycles. The van der Waals surface area contributed by atoms with Gasteiger partial charge in [-0.25, -0.2) is 0 Å². The number of benzene rings is 1. The monoisotopic (exact) mass is 216 g/mol. The predicted octanol–water partition coefficient (Wildman–Crippen LogP) is 3.62. The summed E-state index contributed by atoms with van der Waals surface area (Å²) in [4.78, 5) is 0. The zero-order valence-electron chi connectivity index (χ0n) is 9.82. The molecule has 16 heavy (non-hydrogen) atoms. The molecular formula is C14H16O2. The second kappa shape index (κ2) is 4.14. The van der Waals surface area contributed by atoms with Crippen molar-refractivity contribution in [1.29, 1.82) is 0 Å². The molecule has 2 aromatic rings. The molecule has 1 atom stereocenters. The normalized spacial score (nSPS) is 12.8. The van der Waals surface area contributed by atoms with Gasteiger partial charge in [0.2, 0.25) is 0 Å². The Morgan fingerprint density at radius 3 is 2.38 bits per heavy atom. The highest BCUT2D eigenvalue weighted by atomic mass is 16.4. The molecule has 0 bridgehead atoms. The molecule has 2 nitrogen and oxygen atoms in total. The summed E-state index contributed by atoms with van der Waals surface area (Å²) >= 11 is 0. The summed E-state index contributed by atoms with van der Waals surface area (Å²) in [6, 6.07) is 9.92. The Kier molecular flexibility index (Phi) is 2.84. The lowest BCUT2D eigenvalue weighted by Crippen LogP contribution is -1.86. The Morgan fingerprint density at radius 2 is 1.81 bits per heavy atom. The van der Waals surface area contributed by atoms with Gasteiger partial charge in [-0.3, -0.25) is 0 Å². The van der Waals surface area contributed by atoms with Crippen LogP contribution in [0.25, 0.3) is 11.3 Å². The van der Waals surface area contributed by atoms with E-state index >= 15 is 0 Å². The number of hydrogen-bond acceptors (Lipinski definition) is 2. The molecule has 2 heteroatoms. The number of aliphatic hydroxyl groups excluding tert-OH is 1. The van der Waals surface area contributed by atoms with E-state index in [-0.39, 0.29) is 0 Å². The van der Waals surface area contributed by atoms with Gasteiger partial charge in [-0.15, -0.1) is 0 Å². The fourth-order valence-electron chi connectivity index (χ4n) is 1.63. The smallest absolute Gasteiger partial charge is 0.134 e. The number of aliphatic hydroxyl groups is 1. The molecule has 0 aliphatic heterocycles. The fourth-order valence-corrected chi connectivity index (χ4v) is 1.63. The van der Waals surface area contributed by atoms with Crippen LogP contribution in [0, 0.1) is 13.8 Å². The van der Waals surface area contributed by atoms with Crippen LogP contribution < -0.4 is 0 Å². The van der Waals surface area contributed by atoms with Crippen LogP contribution in [0.3, 0.4) is 0 Å². The van der Waals surface area contributed by atoms with E-state index in [1.54, 1.807) is 6.92 Å². The van der Waals surface area contributed by atoms with Gasteiger partial charge in [0.05, 0.1) is 0 Å². The first-order valence-corrected chi connectivity index (χ1v) is 5.43. The molecule has 0 saturated heterocycles. The van der Waals surface area contributed by atoms with Crippen molar-refractivity contribution in [3.05, 3.63) is 47.2 Å². The first kappa shape index (κ1) is 11.0. The van der Waals surface area contributed by atoms with Crippen LogP contribution in [0.2, 0.25) is 0 Å². The summed E-state index contributed by atoms with van der Waals surface area (Å²) in [6.45, 7) is 5.86. The molecule has 1 aromatic heterocycles. The van der Waals surface area contributed by atoms with Crippen molar-refractivity contribution in [2.45, 2.75) is 26.9 Å². The Labute approximate surface area is 95.5 Å². The SMILES string of the molecule is Cc1ccc(-c2ccc(C(C)O)o2)cc1C. The van der Waals surface area contributed by atoms with Gasteiger partial charge in [-0.1, -0.05) is 12.1 Å². The van der Waals surface area contributed by atoms with Gasteiger partial charge in [-0.05, 0) is 50.1 Å². The lowest BCUT2D eigenvalue weighted by Gasteiger charge is -2.03. The maximum atomic E-state index is 9.39. The predicted molar refractivity (Wildman–Crippen MR) is 64.3 cm³/mol. The van der Waals surface area contributed by atoms with Gasteiger partial charge in [0.25, 0.3) is 0 Å². The van der Waals surface area contributed by atoms with E-state index in [9.17, 15) is 5.11 Å². The molecule has 0 fully saturated rings. The van der Waals surface area contributed by atoms with Gasteiger partial charge in [0, 0.05) is 5.56 Å². The fraction of sp³-hybridized carbons (Fsp3) is 0.286. The standard InChI is InChI=1S/C14H16O2/c1-9-4-5-12(8-10(9)2)14-7-6-13(16-14)11(3)15/h4-8,11,15H,1-3H3. The summed E-state index contributed by atoms with van der Waals surface area (Å²) in [5.41, 5.74) is 3.56. The minimum absolute atomic E-state index is 0.555. The van der Waals surface area contributed by atoms with Crippen LogP contribution in [0.15, 0.2) is 34.7 Å². The van der Waals surface area contributed by atoms with E-state index in [0.717, 1.165) is 11.3 Å². The molecule has 84 valence electrons. The molecule has 0 aliphatic carbocycles. The summed E-state index contributed by atoms with van der Waals surface area (Å²) in [7, 11) is 0. The second-order valence-electron chi connectivity index (χ2n) is 4.18. The second-order valence-corrected chi connectivity index (χ2v) is 4.18. The zero-order chi connectivity index (χ0) is 11.7. The minimum atomic E-state index is -0.555. The first-order valence-electron chi connectivity index (χ1n) is 5.43. The van der Waals surface area contributed by atoms with Crippen LogP contribution in [-0.2, 0) is 0 Å². The Hall–Kier alpha value is -1.54. The number of aryl methyl sites for hydroxylation is 2. The average Bonchev–Trinajstić information content (AvgIpc) is 2.71. The molecule has 2 rings (SSSR count). The van der Waals surface area contributed by atoms with Gasteiger partial charge in [0.1, 0.15) is 17.6 Å². The highest BCUT2D eigenvalue weighted by Gasteiger charge is 2.08. The van der Waals surface area contributed by atoms with Crippen LogP contribution >= 0.6 is 0 Å². The number of rotatable bonds is 2. The maximum Gasteiger partial charge on any atom is 0.134 e. The molecule has 1 aromatic carbocycles. The van der Waals surface area contributed by atoms with Crippen molar-refractivity contribution in [2.75, 3.05) is 0 Å². The van der Waals surface area contributed by atoms with Gasteiger partial charge in [0.15, 0.2) is 0 Å². The summed E-state index contributed by atoms with van der Waals surface area (Å²) in [5, 5.41) is 9.39. The summed E-state index contributed by atoms with van der Waals surface area (Å²) in [5.74, 6) is 1.41. The van der Waals surface area contributed by atoms with Gasteiger partial charge >= 0.3 is 0 Å². The van der Waals surface area contributed by atoms with Crippen LogP contribution in [0.5, 0.6) is 0 Å². The molecule has 1 heterocycles. The molecule has 0 aliphatic rings. The average molecular weight is 216 g/mol. The van der Waals surface area contributed by atoms with Crippen molar-refractivity contribution >= 4 is 0 Å². The molecule has 1 N–H and O–H groups in total. The van der Waals surface area contributed by atoms with Gasteiger partial charge < -0.3 is 9.52 Å². The zero-order valence-corrected chi connectivity index (χ0v) is 9.82. The summed E-state index contributed by atoms with van der Waals surface area (Å²) < 4.78 is 5.58. The third-order valence-electron chi connectivity index (χ3n) is 2.83. The van der Waals surface area contributed by atoms with E-state index in [1.807, 2.05) is 18.2 Å². The Balaban J connectivity index is 2.39. The molecule has 0 amide bonds.